The summed E-state index contributed by atoms with van der Waals surface area (Å²) in [6.45, 7) is 18.1. The third-order valence-corrected chi connectivity index (χ3v) is 8.28. The topological polar surface area (TPSA) is 103 Å². The molecule has 2 amide bonds. The van der Waals surface area contributed by atoms with Crippen molar-refractivity contribution in [2.75, 3.05) is 12.3 Å². The van der Waals surface area contributed by atoms with Crippen molar-refractivity contribution in [1.82, 2.24) is 20.2 Å². The van der Waals surface area contributed by atoms with E-state index in [0.29, 0.717) is 11.7 Å². The highest BCUT2D eigenvalue weighted by atomic mass is 32.2. The number of piperidine rings is 1. The Morgan fingerprint density at radius 2 is 1.76 bits per heavy atom. The van der Waals surface area contributed by atoms with Gasteiger partial charge in [0.1, 0.15) is 11.6 Å². The van der Waals surface area contributed by atoms with Crippen LogP contribution in [0.25, 0.3) is 0 Å². The van der Waals surface area contributed by atoms with Gasteiger partial charge in [-0.3, -0.25) is 4.79 Å². The molecular weight excluding hydrogens is 503 g/mol. The number of aromatic nitrogens is 2. The second-order valence-electron chi connectivity index (χ2n) is 12.6. The Hall–Kier alpha value is -1.85. The van der Waals surface area contributed by atoms with Crippen molar-refractivity contribution in [3.63, 3.8) is 0 Å². The summed E-state index contributed by atoms with van der Waals surface area (Å²) < 4.78 is 17.6. The molecule has 0 spiro atoms. The highest BCUT2D eigenvalue weighted by Crippen LogP contribution is 2.36. The molecule has 2 fully saturated rings. The van der Waals surface area contributed by atoms with Gasteiger partial charge in [-0.2, -0.15) is 0 Å². The molecule has 0 aromatic carbocycles. The Labute approximate surface area is 232 Å². The number of thioether (sulfide) groups is 1. The first-order valence-corrected chi connectivity index (χ1v) is 14.7. The lowest BCUT2D eigenvalue weighted by atomic mass is 9.81. The van der Waals surface area contributed by atoms with Gasteiger partial charge in [0.15, 0.2) is 5.16 Å². The molecule has 0 radical (unpaired) electrons. The molecule has 11 heteroatoms. The number of carbonyl (C=O) groups excluding carboxylic acids is 2. The molecule has 1 N–H and O–H groups in total. The first-order valence-electron chi connectivity index (χ1n) is 13.7. The van der Waals surface area contributed by atoms with Crippen LogP contribution in [0, 0.1) is 5.92 Å². The molecule has 3 rings (SSSR count). The lowest BCUT2D eigenvalue weighted by molar-refractivity contribution is -0.138. The predicted octanol–water partition coefficient (Wildman–Crippen LogP) is 4.19. The summed E-state index contributed by atoms with van der Waals surface area (Å²) in [6, 6.07) is -0.501. The minimum absolute atomic E-state index is 0.0384. The fourth-order valence-corrected chi connectivity index (χ4v) is 5.33. The summed E-state index contributed by atoms with van der Waals surface area (Å²) in [5.41, 5.74) is -0.643. The van der Waals surface area contributed by atoms with E-state index in [-0.39, 0.29) is 17.9 Å². The number of hydrogen-bond donors (Lipinski definition) is 1. The largest absolute Gasteiger partial charge is 0.498 e. The van der Waals surface area contributed by atoms with Crippen LogP contribution >= 0.6 is 11.8 Å². The third-order valence-electron chi connectivity index (χ3n) is 7.37. The SMILES string of the molecule is CC(C)[C@H](NC(=O)OC(C)(C)C)C(=O)N1CCCC[C@@H]1CCSc1ncc(B2OC(C)(C)C(C)(C)O2)cn1. The average molecular weight is 549 g/mol. The zero-order valence-electron chi connectivity index (χ0n) is 24.5. The monoisotopic (exact) mass is 548 g/mol. The van der Waals surface area contributed by atoms with Crippen LogP contribution in [-0.2, 0) is 18.8 Å². The van der Waals surface area contributed by atoms with Crippen LogP contribution in [0.2, 0.25) is 0 Å². The maximum absolute atomic E-state index is 13.5. The second kappa shape index (κ2) is 12.1. The summed E-state index contributed by atoms with van der Waals surface area (Å²) in [5.74, 6) is 0.697. The molecule has 2 saturated heterocycles. The molecule has 2 atom stereocenters. The van der Waals surface area contributed by atoms with E-state index in [1.807, 2.05) is 67.2 Å². The van der Waals surface area contributed by atoms with Gasteiger partial charge >= 0.3 is 13.2 Å². The highest BCUT2D eigenvalue weighted by molar-refractivity contribution is 7.99. The molecule has 3 heterocycles. The Morgan fingerprint density at radius 3 is 2.32 bits per heavy atom. The summed E-state index contributed by atoms with van der Waals surface area (Å²) in [7, 11) is -0.482. The van der Waals surface area contributed by atoms with Crippen LogP contribution in [0.1, 0.15) is 88.0 Å². The molecule has 0 unspecified atom stereocenters. The Bertz CT molecular complexity index is 951. The Kier molecular flexibility index (Phi) is 9.79. The van der Waals surface area contributed by atoms with Crippen molar-refractivity contribution in [2.24, 2.45) is 5.92 Å². The number of likely N-dealkylation sites (tertiary alicyclic amines) is 1. The predicted molar refractivity (Wildman–Crippen MR) is 150 cm³/mol. The number of hydrogen-bond acceptors (Lipinski definition) is 8. The molecule has 0 bridgehead atoms. The number of amides is 2. The lowest BCUT2D eigenvalue weighted by Crippen LogP contribution is -2.55. The summed E-state index contributed by atoms with van der Waals surface area (Å²) in [6.07, 6.45) is 6.81. The number of alkyl carbamates (subject to hydrolysis) is 1. The van der Waals surface area contributed by atoms with E-state index in [4.69, 9.17) is 14.0 Å². The normalized spacial score (nSPS) is 21.9. The zero-order valence-corrected chi connectivity index (χ0v) is 25.3. The van der Waals surface area contributed by atoms with Crippen molar-refractivity contribution < 1.29 is 23.6 Å². The number of rotatable bonds is 8. The first kappa shape index (κ1) is 30.7. The van der Waals surface area contributed by atoms with Gasteiger partial charge in [-0.1, -0.05) is 25.6 Å². The van der Waals surface area contributed by atoms with E-state index in [9.17, 15) is 9.59 Å². The fourth-order valence-electron chi connectivity index (χ4n) is 4.51. The summed E-state index contributed by atoms with van der Waals surface area (Å²) in [5, 5.41) is 3.50. The van der Waals surface area contributed by atoms with Gasteiger partial charge in [0.05, 0.1) is 11.2 Å². The van der Waals surface area contributed by atoms with Crippen molar-refractivity contribution in [3.8, 4) is 0 Å². The second-order valence-corrected chi connectivity index (χ2v) is 13.6. The van der Waals surface area contributed by atoms with Crippen LogP contribution in [0.3, 0.4) is 0 Å². The van der Waals surface area contributed by atoms with Gasteiger partial charge in [0, 0.05) is 36.2 Å². The maximum Gasteiger partial charge on any atom is 0.498 e. The molecule has 1 aromatic heterocycles. The van der Waals surface area contributed by atoms with Crippen molar-refractivity contribution >= 4 is 36.3 Å². The molecule has 2 aliphatic rings. The molecular formula is C27H45BN4O5S. The standard InChI is InChI=1S/C27H45BN4O5S/c1-18(2)21(31-24(34)35-25(3,4)5)22(33)32-14-11-10-12-20(32)13-15-38-23-29-16-19(17-30-23)28-36-26(6,7)27(8,9)37-28/h16-18,20-21H,10-15H2,1-9H3,(H,31,34)/t20-,21+/m1/s1. The zero-order chi connectivity index (χ0) is 28.3. The average Bonchev–Trinajstić information content (AvgIpc) is 3.03. The van der Waals surface area contributed by atoms with E-state index >= 15 is 0 Å². The van der Waals surface area contributed by atoms with Gasteiger partial charge < -0.3 is 24.3 Å². The van der Waals surface area contributed by atoms with E-state index in [1.54, 1.807) is 24.2 Å². The number of nitrogens with zero attached hydrogens (tertiary/aromatic N) is 3. The van der Waals surface area contributed by atoms with Gasteiger partial charge in [-0.15, -0.1) is 0 Å². The Morgan fingerprint density at radius 1 is 1.16 bits per heavy atom. The van der Waals surface area contributed by atoms with Crippen molar-refractivity contribution in [2.45, 2.75) is 122 Å². The van der Waals surface area contributed by atoms with Gasteiger partial charge in [-0.25, -0.2) is 14.8 Å². The van der Waals surface area contributed by atoms with E-state index in [0.717, 1.165) is 36.9 Å². The van der Waals surface area contributed by atoms with Gasteiger partial charge in [-0.05, 0) is 80.1 Å². The van der Waals surface area contributed by atoms with Crippen molar-refractivity contribution in [3.05, 3.63) is 12.4 Å². The summed E-state index contributed by atoms with van der Waals surface area (Å²) >= 11 is 1.58. The van der Waals surface area contributed by atoms with Crippen LogP contribution < -0.4 is 10.8 Å². The van der Waals surface area contributed by atoms with Crippen LogP contribution in [0.15, 0.2) is 17.6 Å². The Balaban J connectivity index is 1.56. The van der Waals surface area contributed by atoms with Crippen LogP contribution in [0.4, 0.5) is 4.79 Å². The van der Waals surface area contributed by atoms with Crippen LogP contribution in [0.5, 0.6) is 0 Å². The minimum atomic E-state index is -0.621. The smallest absolute Gasteiger partial charge is 0.444 e. The fraction of sp³-hybridized carbons (Fsp3) is 0.778. The molecule has 212 valence electrons. The molecule has 0 saturated carbocycles. The maximum atomic E-state index is 13.5. The highest BCUT2D eigenvalue weighted by Gasteiger charge is 2.52. The van der Waals surface area contributed by atoms with E-state index < -0.39 is 36.1 Å². The van der Waals surface area contributed by atoms with Crippen molar-refractivity contribution in [1.29, 1.82) is 0 Å². The third kappa shape index (κ3) is 7.85. The van der Waals surface area contributed by atoms with Crippen LogP contribution in [-0.4, -0.2) is 75.2 Å². The minimum Gasteiger partial charge on any atom is -0.444 e. The first-order chi connectivity index (χ1) is 17.6. The summed E-state index contributed by atoms with van der Waals surface area (Å²) in [4.78, 5) is 36.9. The molecule has 38 heavy (non-hydrogen) atoms. The number of nitrogens with one attached hydrogen (secondary N) is 1. The number of ether oxygens (including phenoxy) is 1. The number of carbonyl (C=O) groups is 2. The van der Waals surface area contributed by atoms with Gasteiger partial charge in [0.25, 0.3) is 0 Å². The molecule has 0 aliphatic carbocycles. The van der Waals surface area contributed by atoms with Gasteiger partial charge in [0.2, 0.25) is 5.91 Å². The van der Waals surface area contributed by atoms with E-state index in [2.05, 4.69) is 15.3 Å². The molecule has 9 nitrogen and oxygen atoms in total. The lowest BCUT2D eigenvalue weighted by Gasteiger charge is -2.39. The molecule has 1 aromatic rings. The van der Waals surface area contributed by atoms with E-state index in [1.165, 1.54) is 0 Å². The molecule has 2 aliphatic heterocycles. The quantitative estimate of drug-likeness (QED) is 0.293.